The summed E-state index contributed by atoms with van der Waals surface area (Å²) >= 11 is 0. The average molecular weight is 402 g/mol. The Morgan fingerprint density at radius 2 is 1.79 bits per heavy atom. The Bertz CT molecular complexity index is 1010. The summed E-state index contributed by atoms with van der Waals surface area (Å²) in [5.41, 5.74) is 2.38. The summed E-state index contributed by atoms with van der Waals surface area (Å²) in [4.78, 5) is 14.6. The van der Waals surface area contributed by atoms with Crippen LogP contribution in [-0.4, -0.2) is 44.6 Å². The number of nitrogens with zero attached hydrogens (tertiary/aromatic N) is 1. The quantitative estimate of drug-likeness (QED) is 0.836. The Labute approximate surface area is 164 Å². The monoisotopic (exact) mass is 402 g/mol. The van der Waals surface area contributed by atoms with E-state index in [9.17, 15) is 17.6 Å². The van der Waals surface area contributed by atoms with Crippen molar-refractivity contribution in [2.24, 2.45) is 5.92 Å². The molecule has 1 amide bonds. The van der Waals surface area contributed by atoms with E-state index in [0.717, 1.165) is 23.8 Å². The van der Waals surface area contributed by atoms with Crippen molar-refractivity contribution < 1.29 is 17.6 Å². The molecule has 1 N–H and O–H groups in total. The van der Waals surface area contributed by atoms with Crippen molar-refractivity contribution in [3.63, 3.8) is 0 Å². The van der Waals surface area contributed by atoms with E-state index in [2.05, 4.69) is 4.72 Å². The Hall–Kier alpha value is -2.25. The second-order valence-corrected chi connectivity index (χ2v) is 9.46. The molecule has 28 heavy (non-hydrogen) atoms. The van der Waals surface area contributed by atoms with Gasteiger partial charge in [0.25, 0.3) is 0 Å². The molecule has 2 aromatic rings. The zero-order chi connectivity index (χ0) is 19.9. The molecule has 1 saturated heterocycles. The first-order chi connectivity index (χ1) is 13.3. The Balaban J connectivity index is 1.48. The van der Waals surface area contributed by atoms with Gasteiger partial charge in [-0.3, -0.25) is 4.79 Å². The molecule has 148 valence electrons. The molecule has 2 aromatic carbocycles. The van der Waals surface area contributed by atoms with Gasteiger partial charge in [0, 0.05) is 30.6 Å². The number of amides is 1. The molecule has 4 rings (SSSR count). The van der Waals surface area contributed by atoms with Gasteiger partial charge in [-0.15, -0.1) is 0 Å². The normalized spacial score (nSPS) is 24.4. The lowest BCUT2D eigenvalue weighted by Crippen LogP contribution is -2.38. The maximum Gasteiger partial charge on any atom is 0.226 e. The summed E-state index contributed by atoms with van der Waals surface area (Å²) in [5.74, 6) is -0.256. The van der Waals surface area contributed by atoms with Crippen LogP contribution in [0, 0.1) is 11.7 Å². The van der Waals surface area contributed by atoms with Gasteiger partial charge in [0.2, 0.25) is 15.9 Å². The Morgan fingerprint density at radius 1 is 1.11 bits per heavy atom. The Kier molecular flexibility index (Phi) is 4.97. The van der Waals surface area contributed by atoms with Crippen molar-refractivity contribution in [3.8, 4) is 11.1 Å². The number of halogens is 1. The zero-order valence-electron chi connectivity index (χ0n) is 15.6. The summed E-state index contributed by atoms with van der Waals surface area (Å²) < 4.78 is 39.7. The number of rotatable bonds is 5. The minimum Gasteiger partial charge on any atom is -0.341 e. The van der Waals surface area contributed by atoms with E-state index < -0.39 is 10.0 Å². The average Bonchev–Trinajstić information content (AvgIpc) is 3.32. The summed E-state index contributed by atoms with van der Waals surface area (Å²) in [5, 5.41) is 0. The molecule has 1 aliphatic carbocycles. The third kappa shape index (κ3) is 3.95. The van der Waals surface area contributed by atoms with Crippen LogP contribution in [0.15, 0.2) is 48.5 Å². The van der Waals surface area contributed by atoms with Crippen LogP contribution in [-0.2, 0) is 14.8 Å². The predicted molar refractivity (Wildman–Crippen MR) is 106 cm³/mol. The van der Waals surface area contributed by atoms with Gasteiger partial charge in [-0.2, -0.15) is 0 Å². The van der Waals surface area contributed by atoms with Gasteiger partial charge in [0.1, 0.15) is 5.82 Å². The van der Waals surface area contributed by atoms with Crippen LogP contribution >= 0.6 is 0 Å². The van der Waals surface area contributed by atoms with Crippen LogP contribution in [0.4, 0.5) is 4.39 Å². The number of hydrogen-bond acceptors (Lipinski definition) is 3. The molecular weight excluding hydrogens is 379 g/mol. The first kappa shape index (κ1) is 19.1. The van der Waals surface area contributed by atoms with Crippen LogP contribution in [0.2, 0.25) is 0 Å². The van der Waals surface area contributed by atoms with E-state index in [-0.39, 0.29) is 29.6 Å². The first-order valence-electron chi connectivity index (χ1n) is 9.43. The summed E-state index contributed by atoms with van der Waals surface area (Å²) in [6, 6.07) is 14.1. The van der Waals surface area contributed by atoms with E-state index in [1.165, 1.54) is 6.07 Å². The number of carbonyl (C=O) groups excluding carboxylic acids is 1. The van der Waals surface area contributed by atoms with Gasteiger partial charge in [0.05, 0.1) is 6.26 Å². The van der Waals surface area contributed by atoms with Crippen LogP contribution in [0.1, 0.15) is 24.3 Å². The molecule has 2 fully saturated rings. The van der Waals surface area contributed by atoms with Gasteiger partial charge in [-0.05, 0) is 36.0 Å². The SMILES string of the molecule is CS(=O)(=O)N[C@H]1CCN(C(=O)[C@@H]2C[C@H]2c2ccccc2-c2ccccc2F)C1. The van der Waals surface area contributed by atoms with Crippen molar-refractivity contribution in [2.45, 2.75) is 24.8 Å². The smallest absolute Gasteiger partial charge is 0.226 e. The molecule has 3 atom stereocenters. The van der Waals surface area contributed by atoms with Gasteiger partial charge < -0.3 is 4.90 Å². The fourth-order valence-electron chi connectivity index (χ4n) is 4.15. The van der Waals surface area contributed by atoms with Gasteiger partial charge in [-0.25, -0.2) is 17.5 Å². The first-order valence-corrected chi connectivity index (χ1v) is 11.3. The minimum absolute atomic E-state index is 0.0612. The lowest BCUT2D eigenvalue weighted by atomic mass is 9.95. The van der Waals surface area contributed by atoms with Gasteiger partial charge >= 0.3 is 0 Å². The van der Waals surface area contributed by atoms with Crippen LogP contribution in [0.3, 0.4) is 0 Å². The van der Waals surface area contributed by atoms with Crippen molar-refractivity contribution in [1.82, 2.24) is 9.62 Å². The van der Waals surface area contributed by atoms with E-state index in [1.54, 1.807) is 17.0 Å². The number of nitrogens with one attached hydrogen (secondary N) is 1. The largest absolute Gasteiger partial charge is 0.341 e. The fraction of sp³-hybridized carbons (Fsp3) is 0.381. The van der Waals surface area contributed by atoms with E-state index >= 15 is 0 Å². The maximum absolute atomic E-state index is 14.3. The molecule has 0 bridgehead atoms. The zero-order valence-corrected chi connectivity index (χ0v) is 16.5. The highest BCUT2D eigenvalue weighted by molar-refractivity contribution is 7.88. The van der Waals surface area contributed by atoms with E-state index in [4.69, 9.17) is 0 Å². The molecule has 0 aromatic heterocycles. The highest BCUT2D eigenvalue weighted by Gasteiger charge is 2.47. The number of hydrogen-bond donors (Lipinski definition) is 1. The summed E-state index contributed by atoms with van der Waals surface area (Å²) in [6.45, 7) is 0.967. The Morgan fingerprint density at radius 3 is 2.50 bits per heavy atom. The van der Waals surface area contributed by atoms with Gasteiger partial charge in [0.15, 0.2) is 0 Å². The maximum atomic E-state index is 14.3. The fourth-order valence-corrected chi connectivity index (χ4v) is 4.95. The van der Waals surface area contributed by atoms with E-state index in [1.807, 2.05) is 30.3 Å². The lowest BCUT2D eigenvalue weighted by Gasteiger charge is -2.17. The molecule has 0 radical (unpaired) electrons. The standard InChI is InChI=1S/C21H23FN2O3S/c1-28(26,27)23-14-10-11-24(13-14)21(25)19-12-18(19)16-7-3-2-6-15(16)17-8-4-5-9-20(17)22/h2-9,14,18-19,23H,10-13H2,1H3/t14-,18-,19+/m0/s1. The second-order valence-electron chi connectivity index (χ2n) is 7.68. The van der Waals surface area contributed by atoms with Crippen LogP contribution in [0.5, 0.6) is 0 Å². The summed E-state index contributed by atoms with van der Waals surface area (Å²) in [6.07, 6.45) is 2.50. The molecule has 2 aliphatic rings. The second kappa shape index (κ2) is 7.29. The predicted octanol–water partition coefficient (Wildman–Crippen LogP) is 2.75. The third-order valence-electron chi connectivity index (χ3n) is 5.51. The number of benzene rings is 2. The van der Waals surface area contributed by atoms with Crippen LogP contribution < -0.4 is 4.72 Å². The molecule has 1 aliphatic heterocycles. The molecule has 7 heteroatoms. The van der Waals surface area contributed by atoms with Crippen molar-refractivity contribution in [2.75, 3.05) is 19.3 Å². The highest BCUT2D eigenvalue weighted by atomic mass is 32.2. The van der Waals surface area contributed by atoms with Crippen molar-refractivity contribution >= 4 is 15.9 Å². The molecule has 1 heterocycles. The number of likely N-dealkylation sites (tertiary alicyclic amines) is 1. The van der Waals surface area contributed by atoms with Crippen molar-refractivity contribution in [3.05, 3.63) is 59.9 Å². The molecule has 1 saturated carbocycles. The molecule has 5 nitrogen and oxygen atoms in total. The number of sulfonamides is 1. The minimum atomic E-state index is -3.28. The molecular formula is C21H23FN2O3S. The molecule has 0 spiro atoms. The van der Waals surface area contributed by atoms with Crippen LogP contribution in [0.25, 0.3) is 11.1 Å². The topological polar surface area (TPSA) is 66.5 Å². The third-order valence-corrected chi connectivity index (χ3v) is 6.27. The van der Waals surface area contributed by atoms with Gasteiger partial charge in [-0.1, -0.05) is 42.5 Å². The van der Waals surface area contributed by atoms with Crippen molar-refractivity contribution in [1.29, 1.82) is 0 Å². The molecule has 0 unspecified atom stereocenters. The highest BCUT2D eigenvalue weighted by Crippen LogP contribution is 2.51. The summed E-state index contributed by atoms with van der Waals surface area (Å²) in [7, 11) is -3.28. The van der Waals surface area contributed by atoms with E-state index in [0.29, 0.717) is 25.1 Å². The lowest BCUT2D eigenvalue weighted by molar-refractivity contribution is -0.131. The number of carbonyl (C=O) groups is 1.